The fraction of sp³-hybridized carbons (Fsp3) is 0.684. The van der Waals surface area contributed by atoms with E-state index < -0.39 is 0 Å². The van der Waals surface area contributed by atoms with Crippen LogP contribution in [-0.2, 0) is 0 Å². The van der Waals surface area contributed by atoms with E-state index in [1.54, 1.807) is 6.08 Å². The molecule has 0 spiro atoms. The van der Waals surface area contributed by atoms with Gasteiger partial charge in [0.1, 0.15) is 0 Å². The van der Waals surface area contributed by atoms with Crippen molar-refractivity contribution < 1.29 is 0 Å². The fourth-order valence-electron chi connectivity index (χ4n) is 0.670. The second-order valence-corrected chi connectivity index (χ2v) is 3.34. The van der Waals surface area contributed by atoms with Gasteiger partial charge in [-0.05, 0) is 19.8 Å². The predicted molar refractivity (Wildman–Crippen MR) is 101 cm³/mol. The van der Waals surface area contributed by atoms with Gasteiger partial charge < -0.3 is 5.32 Å². The molecule has 0 saturated carbocycles. The van der Waals surface area contributed by atoms with Gasteiger partial charge in [-0.1, -0.05) is 92.7 Å². The number of nitrogens with one attached hydrogen (secondary N) is 1. The van der Waals surface area contributed by atoms with E-state index in [1.165, 1.54) is 12.1 Å². The molecule has 1 heteroatoms. The average Bonchev–Trinajstić information content (AvgIpc) is 2.53. The molecular weight excluding hydrogens is 242 g/mol. The SMILES string of the molecule is C/C=C(/CC)NC.C=CC(=C)CC.CC.CC.CCC. The van der Waals surface area contributed by atoms with Crippen LogP contribution in [0, 0.1) is 0 Å². The molecule has 1 N–H and O–H groups in total. The highest BCUT2D eigenvalue weighted by molar-refractivity contribution is 5.09. The van der Waals surface area contributed by atoms with Crippen LogP contribution in [0.3, 0.4) is 0 Å². The summed E-state index contributed by atoms with van der Waals surface area (Å²) in [7, 11) is 1.94. The molecule has 0 amide bonds. The number of hydrogen-bond donors (Lipinski definition) is 1. The maximum Gasteiger partial charge on any atom is 0.00579 e. The highest BCUT2D eigenvalue weighted by atomic mass is 14.8. The summed E-state index contributed by atoms with van der Waals surface area (Å²) < 4.78 is 0. The summed E-state index contributed by atoms with van der Waals surface area (Å²) in [5, 5.41) is 3.06. The molecule has 0 radical (unpaired) electrons. The predicted octanol–water partition coefficient (Wildman–Crippen LogP) is 7.13. The Balaban J connectivity index is -0.0000000524. The summed E-state index contributed by atoms with van der Waals surface area (Å²) in [6.45, 7) is 25.7. The van der Waals surface area contributed by atoms with E-state index in [-0.39, 0.29) is 0 Å². The molecule has 124 valence electrons. The first-order valence-corrected chi connectivity index (χ1v) is 8.20. The van der Waals surface area contributed by atoms with E-state index in [9.17, 15) is 0 Å². The third kappa shape index (κ3) is 53.7. The Hall–Kier alpha value is -0.980. The van der Waals surface area contributed by atoms with Gasteiger partial charge in [0.15, 0.2) is 0 Å². The van der Waals surface area contributed by atoms with Crippen LogP contribution >= 0.6 is 0 Å². The lowest BCUT2D eigenvalue weighted by atomic mass is 10.2. The zero-order valence-corrected chi connectivity index (χ0v) is 16.2. The molecule has 0 aliphatic heterocycles. The van der Waals surface area contributed by atoms with Crippen LogP contribution in [0.25, 0.3) is 0 Å². The molecule has 0 aliphatic rings. The molecule has 0 aromatic carbocycles. The summed E-state index contributed by atoms with van der Waals surface area (Å²) in [6.07, 6.45) is 7.23. The summed E-state index contributed by atoms with van der Waals surface area (Å²) in [6, 6.07) is 0. The van der Waals surface area contributed by atoms with Crippen molar-refractivity contribution in [3.05, 3.63) is 36.6 Å². The Bertz CT molecular complexity index is 172. The van der Waals surface area contributed by atoms with E-state index in [0.717, 1.165) is 18.4 Å². The lowest BCUT2D eigenvalue weighted by Gasteiger charge is -1.98. The van der Waals surface area contributed by atoms with E-state index >= 15 is 0 Å². The quantitative estimate of drug-likeness (QED) is 0.542. The third-order valence-electron chi connectivity index (χ3n) is 1.79. The summed E-state index contributed by atoms with van der Waals surface area (Å²) in [5.41, 5.74) is 2.41. The Labute approximate surface area is 131 Å². The van der Waals surface area contributed by atoms with Gasteiger partial charge in [0, 0.05) is 12.7 Å². The molecule has 0 saturated heterocycles. The van der Waals surface area contributed by atoms with Crippen LogP contribution in [0.2, 0.25) is 0 Å². The van der Waals surface area contributed by atoms with Crippen molar-refractivity contribution in [1.29, 1.82) is 0 Å². The third-order valence-corrected chi connectivity index (χ3v) is 1.79. The molecule has 0 heterocycles. The molecule has 0 bridgehead atoms. The van der Waals surface area contributed by atoms with Crippen molar-refractivity contribution in [2.24, 2.45) is 0 Å². The smallest absolute Gasteiger partial charge is 0.00579 e. The topological polar surface area (TPSA) is 12.0 Å². The summed E-state index contributed by atoms with van der Waals surface area (Å²) >= 11 is 0. The van der Waals surface area contributed by atoms with Gasteiger partial charge in [-0.2, -0.15) is 0 Å². The molecule has 20 heavy (non-hydrogen) atoms. The lowest BCUT2D eigenvalue weighted by Crippen LogP contribution is -2.02. The van der Waals surface area contributed by atoms with Gasteiger partial charge in [-0.3, -0.25) is 0 Å². The zero-order chi connectivity index (χ0) is 17.4. The van der Waals surface area contributed by atoms with Gasteiger partial charge in [0.25, 0.3) is 0 Å². The zero-order valence-electron chi connectivity index (χ0n) is 16.2. The van der Waals surface area contributed by atoms with Crippen LogP contribution in [0.5, 0.6) is 0 Å². The second kappa shape index (κ2) is 43.0. The maximum atomic E-state index is 3.67. The molecule has 0 atom stereocenters. The summed E-state index contributed by atoms with van der Waals surface area (Å²) in [4.78, 5) is 0. The van der Waals surface area contributed by atoms with Crippen molar-refractivity contribution in [2.75, 3.05) is 7.05 Å². The van der Waals surface area contributed by atoms with Crippen molar-refractivity contribution in [2.45, 2.75) is 81.6 Å². The Morgan fingerprint density at radius 3 is 1.30 bits per heavy atom. The average molecular weight is 286 g/mol. The normalized spacial score (nSPS) is 7.80. The minimum atomic E-state index is 1.02. The molecular formula is C19H43N. The van der Waals surface area contributed by atoms with Crippen molar-refractivity contribution in [3.8, 4) is 0 Å². The van der Waals surface area contributed by atoms with Gasteiger partial charge in [-0.15, -0.1) is 0 Å². The van der Waals surface area contributed by atoms with Gasteiger partial charge >= 0.3 is 0 Å². The van der Waals surface area contributed by atoms with Crippen LogP contribution in [0.1, 0.15) is 81.6 Å². The minimum Gasteiger partial charge on any atom is -0.392 e. The molecule has 0 aromatic rings. The number of allylic oxidation sites excluding steroid dienone is 4. The monoisotopic (exact) mass is 285 g/mol. The van der Waals surface area contributed by atoms with E-state index in [4.69, 9.17) is 0 Å². The number of hydrogen-bond acceptors (Lipinski definition) is 1. The molecule has 0 fully saturated rings. The Morgan fingerprint density at radius 2 is 1.30 bits per heavy atom. The molecule has 0 rings (SSSR count). The standard InChI is InChI=1S/C6H13N.C6H10.C3H8.2C2H6/c1-4-6(5-2)7-3;1-4-6(3)5-2;1-3-2;2*1-2/h4,7H,5H2,1-3H3;4H,1,3,5H2,2H3;3H2,1-2H3;2*1-2H3/b6-4-;;;;. The first-order valence-electron chi connectivity index (χ1n) is 8.20. The maximum absolute atomic E-state index is 3.67. The first-order chi connectivity index (χ1) is 9.57. The van der Waals surface area contributed by atoms with Gasteiger partial charge in [0.05, 0.1) is 0 Å². The van der Waals surface area contributed by atoms with E-state index in [2.05, 4.69) is 52.2 Å². The van der Waals surface area contributed by atoms with Crippen molar-refractivity contribution in [3.63, 3.8) is 0 Å². The first kappa shape index (κ1) is 31.4. The highest BCUT2D eigenvalue weighted by Gasteiger charge is 1.79. The summed E-state index contributed by atoms with van der Waals surface area (Å²) in [5.74, 6) is 0. The minimum absolute atomic E-state index is 1.02. The van der Waals surface area contributed by atoms with Crippen LogP contribution in [0.4, 0.5) is 0 Å². The fourth-order valence-corrected chi connectivity index (χ4v) is 0.670. The van der Waals surface area contributed by atoms with E-state index in [1.807, 2.05) is 41.7 Å². The van der Waals surface area contributed by atoms with Crippen LogP contribution < -0.4 is 5.32 Å². The molecule has 1 nitrogen and oxygen atoms in total. The number of rotatable bonds is 4. The van der Waals surface area contributed by atoms with Crippen LogP contribution in [-0.4, -0.2) is 7.05 Å². The highest BCUT2D eigenvalue weighted by Crippen LogP contribution is 1.93. The molecule has 0 unspecified atom stereocenters. The van der Waals surface area contributed by atoms with Crippen molar-refractivity contribution in [1.82, 2.24) is 5.32 Å². The molecule has 0 aliphatic carbocycles. The van der Waals surface area contributed by atoms with Crippen molar-refractivity contribution >= 4 is 0 Å². The Kier molecular flexibility index (Phi) is 67.5. The lowest BCUT2D eigenvalue weighted by molar-refractivity contribution is 0.896. The van der Waals surface area contributed by atoms with Gasteiger partial charge in [0.2, 0.25) is 0 Å². The van der Waals surface area contributed by atoms with Crippen LogP contribution in [0.15, 0.2) is 36.6 Å². The Morgan fingerprint density at radius 1 is 0.950 bits per heavy atom. The van der Waals surface area contributed by atoms with E-state index in [0.29, 0.717) is 0 Å². The van der Waals surface area contributed by atoms with Gasteiger partial charge in [-0.25, -0.2) is 0 Å². The largest absolute Gasteiger partial charge is 0.392 e. The molecule has 0 aromatic heterocycles. The second-order valence-electron chi connectivity index (χ2n) is 3.34.